The maximum Gasteiger partial charge on any atom is 0.260 e. The van der Waals surface area contributed by atoms with Crippen molar-refractivity contribution in [1.29, 1.82) is 0 Å². The van der Waals surface area contributed by atoms with Crippen LogP contribution in [0.15, 0.2) is 40.9 Å². The van der Waals surface area contributed by atoms with Crippen LogP contribution in [-0.2, 0) is 15.4 Å². The Bertz CT molecular complexity index is 695. The lowest BCUT2D eigenvalue weighted by molar-refractivity contribution is 0.508. The smallest absolute Gasteiger partial charge is 0.260 e. The van der Waals surface area contributed by atoms with Gasteiger partial charge in [-0.25, -0.2) is 18.1 Å². The molecule has 2 heterocycles. The number of anilines is 1. The van der Waals surface area contributed by atoms with Crippen molar-refractivity contribution in [2.75, 3.05) is 18.9 Å². The first-order valence-corrected chi connectivity index (χ1v) is 8.89. The molecule has 0 spiro atoms. The third-order valence-corrected chi connectivity index (χ3v) is 5.78. The fourth-order valence-electron chi connectivity index (χ4n) is 1.89. The zero-order valence-electron chi connectivity index (χ0n) is 12.3. The maximum absolute atomic E-state index is 12.4. The number of nitrogens with one attached hydrogen (secondary N) is 2. The average molecular weight is 325 g/mol. The molecule has 7 heteroatoms. The standard InChI is InChI=1S/C14H19N3O2S2/c1-14(2,12-7-5-9-20-12)10-17-21(18,19)13-11(15-3)6-4-8-16-13/h4-9,15,17H,10H2,1-3H3. The fourth-order valence-corrected chi connectivity index (χ4v) is 4.09. The predicted molar refractivity (Wildman–Crippen MR) is 86.3 cm³/mol. The van der Waals surface area contributed by atoms with Gasteiger partial charge in [-0.2, -0.15) is 0 Å². The van der Waals surface area contributed by atoms with Crippen LogP contribution in [0.2, 0.25) is 0 Å². The van der Waals surface area contributed by atoms with Crippen LogP contribution in [0.1, 0.15) is 18.7 Å². The number of aromatic nitrogens is 1. The SMILES string of the molecule is CNc1cccnc1S(=O)(=O)NCC(C)(C)c1cccs1. The van der Waals surface area contributed by atoms with E-state index in [-0.39, 0.29) is 10.4 Å². The molecule has 2 rings (SSSR count). The van der Waals surface area contributed by atoms with E-state index in [1.807, 2.05) is 31.4 Å². The van der Waals surface area contributed by atoms with Gasteiger partial charge in [0.05, 0.1) is 5.69 Å². The molecule has 0 radical (unpaired) electrons. The number of thiophene rings is 1. The van der Waals surface area contributed by atoms with Crippen molar-refractivity contribution in [3.05, 3.63) is 40.7 Å². The van der Waals surface area contributed by atoms with Crippen molar-refractivity contribution in [1.82, 2.24) is 9.71 Å². The second-order valence-electron chi connectivity index (χ2n) is 5.29. The number of pyridine rings is 1. The molecule has 5 nitrogen and oxygen atoms in total. The second-order valence-corrected chi connectivity index (χ2v) is 7.92. The zero-order chi connectivity index (χ0) is 15.5. The molecule has 114 valence electrons. The summed E-state index contributed by atoms with van der Waals surface area (Å²) < 4.78 is 27.5. The molecule has 2 aromatic heterocycles. The van der Waals surface area contributed by atoms with Crippen LogP contribution in [0.25, 0.3) is 0 Å². The van der Waals surface area contributed by atoms with Crippen LogP contribution < -0.4 is 10.0 Å². The fraction of sp³-hybridized carbons (Fsp3) is 0.357. The molecule has 0 aliphatic carbocycles. The summed E-state index contributed by atoms with van der Waals surface area (Å²) in [6.07, 6.45) is 1.47. The van der Waals surface area contributed by atoms with Gasteiger partial charge in [0.15, 0.2) is 5.03 Å². The van der Waals surface area contributed by atoms with E-state index in [1.54, 1.807) is 30.5 Å². The van der Waals surface area contributed by atoms with Crippen LogP contribution >= 0.6 is 11.3 Å². The molecule has 0 unspecified atom stereocenters. The molecule has 2 aromatic rings. The van der Waals surface area contributed by atoms with Gasteiger partial charge in [0, 0.05) is 30.1 Å². The quantitative estimate of drug-likeness (QED) is 0.856. The van der Waals surface area contributed by atoms with Gasteiger partial charge in [0.2, 0.25) is 0 Å². The minimum Gasteiger partial charge on any atom is -0.386 e. The van der Waals surface area contributed by atoms with Gasteiger partial charge >= 0.3 is 0 Å². The Morgan fingerprint density at radius 2 is 2.05 bits per heavy atom. The van der Waals surface area contributed by atoms with Crippen LogP contribution in [0.5, 0.6) is 0 Å². The molecular weight excluding hydrogens is 306 g/mol. The monoisotopic (exact) mass is 325 g/mol. The van der Waals surface area contributed by atoms with E-state index < -0.39 is 10.0 Å². The molecule has 0 bridgehead atoms. The van der Waals surface area contributed by atoms with Crippen molar-refractivity contribution in [3.8, 4) is 0 Å². The minimum atomic E-state index is -3.65. The van der Waals surface area contributed by atoms with E-state index in [1.165, 1.54) is 6.20 Å². The molecule has 0 fully saturated rings. The Labute approximate surface area is 129 Å². The molecule has 21 heavy (non-hydrogen) atoms. The van der Waals surface area contributed by atoms with Crippen LogP contribution in [0.4, 0.5) is 5.69 Å². The summed E-state index contributed by atoms with van der Waals surface area (Å²) in [5.74, 6) is 0. The van der Waals surface area contributed by atoms with Crippen molar-refractivity contribution >= 4 is 27.0 Å². The molecule has 2 N–H and O–H groups in total. The Morgan fingerprint density at radius 3 is 2.67 bits per heavy atom. The highest BCUT2D eigenvalue weighted by molar-refractivity contribution is 7.89. The van der Waals surface area contributed by atoms with E-state index in [4.69, 9.17) is 0 Å². The summed E-state index contributed by atoms with van der Waals surface area (Å²) in [4.78, 5) is 5.11. The Morgan fingerprint density at radius 1 is 1.29 bits per heavy atom. The Kier molecular flexibility index (Phi) is 4.65. The molecule has 0 aliphatic rings. The summed E-state index contributed by atoms with van der Waals surface area (Å²) in [6, 6.07) is 7.36. The Hall–Kier alpha value is -1.44. The summed E-state index contributed by atoms with van der Waals surface area (Å²) in [5.41, 5.74) is 0.217. The van der Waals surface area contributed by atoms with E-state index in [0.717, 1.165) is 4.88 Å². The third kappa shape index (κ3) is 3.61. The number of sulfonamides is 1. The van der Waals surface area contributed by atoms with Gasteiger partial charge in [-0.3, -0.25) is 0 Å². The van der Waals surface area contributed by atoms with Crippen molar-refractivity contribution in [2.45, 2.75) is 24.3 Å². The van der Waals surface area contributed by atoms with Crippen LogP contribution in [0.3, 0.4) is 0 Å². The van der Waals surface area contributed by atoms with E-state index in [2.05, 4.69) is 15.0 Å². The lowest BCUT2D eigenvalue weighted by atomic mass is 9.92. The number of nitrogens with zero attached hydrogens (tertiary/aromatic N) is 1. The topological polar surface area (TPSA) is 71.1 Å². The van der Waals surface area contributed by atoms with E-state index in [0.29, 0.717) is 12.2 Å². The summed E-state index contributed by atoms with van der Waals surface area (Å²) >= 11 is 1.62. The van der Waals surface area contributed by atoms with Crippen molar-refractivity contribution in [3.63, 3.8) is 0 Å². The number of rotatable bonds is 6. The first-order chi connectivity index (χ1) is 9.87. The largest absolute Gasteiger partial charge is 0.386 e. The number of hydrogen-bond donors (Lipinski definition) is 2. The van der Waals surface area contributed by atoms with Crippen molar-refractivity contribution < 1.29 is 8.42 Å². The minimum absolute atomic E-state index is 0.0227. The second kappa shape index (κ2) is 6.13. The molecule has 0 saturated carbocycles. The van der Waals surface area contributed by atoms with Crippen LogP contribution in [-0.4, -0.2) is 27.0 Å². The average Bonchev–Trinajstić information content (AvgIpc) is 3.00. The van der Waals surface area contributed by atoms with Gasteiger partial charge in [-0.1, -0.05) is 19.9 Å². The van der Waals surface area contributed by atoms with E-state index in [9.17, 15) is 8.42 Å². The van der Waals surface area contributed by atoms with E-state index >= 15 is 0 Å². The van der Waals surface area contributed by atoms with Crippen LogP contribution in [0, 0.1) is 0 Å². The predicted octanol–water partition coefficient (Wildman–Crippen LogP) is 2.44. The highest BCUT2D eigenvalue weighted by Crippen LogP contribution is 2.27. The lowest BCUT2D eigenvalue weighted by Crippen LogP contribution is -2.36. The first kappa shape index (κ1) is 15.9. The zero-order valence-corrected chi connectivity index (χ0v) is 13.9. The molecule has 0 saturated heterocycles. The van der Waals surface area contributed by atoms with Gasteiger partial charge in [0.1, 0.15) is 0 Å². The summed E-state index contributed by atoms with van der Waals surface area (Å²) in [5, 5.41) is 4.86. The van der Waals surface area contributed by atoms with Gasteiger partial charge in [-0.05, 0) is 23.6 Å². The van der Waals surface area contributed by atoms with Gasteiger partial charge in [0.25, 0.3) is 10.0 Å². The number of hydrogen-bond acceptors (Lipinski definition) is 5. The maximum atomic E-state index is 12.4. The highest BCUT2D eigenvalue weighted by Gasteiger charge is 2.26. The highest BCUT2D eigenvalue weighted by atomic mass is 32.2. The van der Waals surface area contributed by atoms with Gasteiger partial charge in [-0.15, -0.1) is 11.3 Å². The molecular formula is C14H19N3O2S2. The molecule has 0 atom stereocenters. The summed E-state index contributed by atoms with van der Waals surface area (Å²) in [6.45, 7) is 4.34. The van der Waals surface area contributed by atoms with Crippen molar-refractivity contribution in [2.24, 2.45) is 0 Å². The molecule has 0 aliphatic heterocycles. The lowest BCUT2D eigenvalue weighted by Gasteiger charge is -2.23. The summed E-state index contributed by atoms with van der Waals surface area (Å²) in [7, 11) is -1.97. The first-order valence-electron chi connectivity index (χ1n) is 6.53. The Balaban J connectivity index is 2.19. The third-order valence-electron chi connectivity index (χ3n) is 3.19. The van der Waals surface area contributed by atoms with Gasteiger partial charge < -0.3 is 5.32 Å². The normalized spacial score (nSPS) is 12.3. The molecule has 0 amide bonds. The molecule has 0 aromatic carbocycles.